The van der Waals surface area contributed by atoms with Gasteiger partial charge in [0.2, 0.25) is 11.0 Å². The Morgan fingerprint density at radius 2 is 2.28 bits per heavy atom. The molecule has 1 saturated heterocycles. The number of rotatable bonds is 3. The smallest absolute Gasteiger partial charge is 0.222 e. The van der Waals surface area contributed by atoms with E-state index in [0.29, 0.717) is 11.7 Å². The molecule has 7 nitrogen and oxygen atoms in total. The van der Waals surface area contributed by atoms with Crippen LogP contribution in [0.5, 0.6) is 0 Å². The number of fused-ring (bicyclic) bond motifs is 1. The van der Waals surface area contributed by atoms with Crippen molar-refractivity contribution < 1.29 is 9.53 Å². The van der Waals surface area contributed by atoms with Gasteiger partial charge in [-0.15, -0.1) is 0 Å². The molecular formula is C17H19N5O2S. The Morgan fingerprint density at radius 1 is 1.44 bits per heavy atom. The number of thiazole rings is 1. The lowest BCUT2D eigenvalue weighted by molar-refractivity contribution is -0.114. The highest BCUT2D eigenvalue weighted by Crippen LogP contribution is 2.33. The highest BCUT2D eigenvalue weighted by molar-refractivity contribution is 7.14. The molecule has 25 heavy (non-hydrogen) atoms. The molecule has 130 valence electrons. The average molecular weight is 357 g/mol. The first kappa shape index (κ1) is 16.2. The molecule has 1 unspecified atom stereocenters. The molecule has 3 aromatic heterocycles. The van der Waals surface area contributed by atoms with E-state index in [9.17, 15) is 4.79 Å². The van der Waals surface area contributed by atoms with Gasteiger partial charge >= 0.3 is 0 Å². The quantitative estimate of drug-likeness (QED) is 0.779. The van der Waals surface area contributed by atoms with Crippen LogP contribution in [0, 0.1) is 13.8 Å². The number of hydrogen-bond donors (Lipinski definition) is 1. The van der Waals surface area contributed by atoms with Gasteiger partial charge in [0.1, 0.15) is 5.82 Å². The van der Waals surface area contributed by atoms with Crippen molar-refractivity contribution in [3.63, 3.8) is 0 Å². The molecule has 1 aliphatic heterocycles. The van der Waals surface area contributed by atoms with Gasteiger partial charge in [-0.1, -0.05) is 11.3 Å². The summed E-state index contributed by atoms with van der Waals surface area (Å²) in [5.41, 5.74) is 2.88. The van der Waals surface area contributed by atoms with E-state index in [4.69, 9.17) is 9.72 Å². The first-order valence-corrected chi connectivity index (χ1v) is 9.03. The Kier molecular flexibility index (Phi) is 4.01. The van der Waals surface area contributed by atoms with E-state index < -0.39 is 0 Å². The number of hydrogen-bond acceptors (Lipinski definition) is 6. The van der Waals surface area contributed by atoms with E-state index in [-0.39, 0.29) is 5.91 Å². The van der Waals surface area contributed by atoms with Crippen molar-refractivity contribution >= 4 is 34.0 Å². The summed E-state index contributed by atoms with van der Waals surface area (Å²) in [7, 11) is 0. The van der Waals surface area contributed by atoms with Crippen LogP contribution in [-0.4, -0.2) is 38.9 Å². The van der Waals surface area contributed by atoms with Crippen molar-refractivity contribution in [2.75, 3.05) is 18.5 Å². The van der Waals surface area contributed by atoms with E-state index in [1.54, 1.807) is 17.5 Å². The molecule has 1 aliphatic rings. The molecule has 1 fully saturated rings. The maximum Gasteiger partial charge on any atom is 0.222 e. The zero-order valence-corrected chi connectivity index (χ0v) is 15.2. The molecule has 3 aromatic rings. The fourth-order valence-electron chi connectivity index (χ4n) is 3.16. The highest BCUT2D eigenvalue weighted by Gasteiger charge is 2.24. The third-order valence-corrected chi connectivity index (χ3v) is 5.34. The zero-order chi connectivity index (χ0) is 17.6. The van der Waals surface area contributed by atoms with E-state index in [2.05, 4.69) is 22.3 Å². The van der Waals surface area contributed by atoms with Gasteiger partial charge in [-0.05, 0) is 20.3 Å². The fraction of sp³-hybridized carbons (Fsp3) is 0.412. The van der Waals surface area contributed by atoms with Gasteiger partial charge in [0.15, 0.2) is 0 Å². The van der Waals surface area contributed by atoms with Crippen LogP contribution in [0.15, 0.2) is 12.3 Å². The first-order valence-electron chi connectivity index (χ1n) is 8.21. The summed E-state index contributed by atoms with van der Waals surface area (Å²) in [5.74, 6) is 0.728. The topological polar surface area (TPSA) is 81.9 Å². The van der Waals surface area contributed by atoms with Crippen LogP contribution in [-0.2, 0) is 9.53 Å². The number of amides is 1. The van der Waals surface area contributed by atoms with Gasteiger partial charge in [-0.25, -0.2) is 14.6 Å². The van der Waals surface area contributed by atoms with Crippen LogP contribution in [0.1, 0.15) is 35.5 Å². The van der Waals surface area contributed by atoms with Gasteiger partial charge in [-0.3, -0.25) is 4.79 Å². The Balaban J connectivity index is 1.80. The van der Waals surface area contributed by atoms with E-state index in [0.717, 1.165) is 47.1 Å². The summed E-state index contributed by atoms with van der Waals surface area (Å²) in [5, 5.41) is 9.15. The van der Waals surface area contributed by atoms with E-state index >= 15 is 0 Å². The lowest BCUT2D eigenvalue weighted by atomic mass is 10.0. The Hall–Kier alpha value is -2.32. The van der Waals surface area contributed by atoms with Gasteiger partial charge in [0.25, 0.3) is 0 Å². The van der Waals surface area contributed by atoms with Crippen molar-refractivity contribution in [2.45, 2.75) is 33.1 Å². The second-order valence-electron chi connectivity index (χ2n) is 6.26. The molecule has 0 aromatic carbocycles. The number of carbonyl (C=O) groups is 1. The first-order chi connectivity index (χ1) is 12.0. The Morgan fingerprint density at radius 3 is 3.00 bits per heavy atom. The minimum Gasteiger partial charge on any atom is -0.381 e. The molecule has 1 atom stereocenters. The monoisotopic (exact) mass is 357 g/mol. The predicted molar refractivity (Wildman–Crippen MR) is 96.5 cm³/mol. The number of nitrogens with zero attached hydrogens (tertiary/aromatic N) is 4. The summed E-state index contributed by atoms with van der Waals surface area (Å²) < 4.78 is 7.34. The van der Waals surface area contributed by atoms with Gasteiger partial charge < -0.3 is 10.1 Å². The summed E-state index contributed by atoms with van der Waals surface area (Å²) in [6.45, 7) is 7.04. The molecule has 0 radical (unpaired) electrons. The average Bonchev–Trinajstić information content (AvgIpc) is 3.26. The lowest BCUT2D eigenvalue weighted by Gasteiger charge is -2.04. The number of aryl methyl sites for hydroxylation is 2. The summed E-state index contributed by atoms with van der Waals surface area (Å²) in [6, 6.07) is 1.84. The molecule has 0 aliphatic carbocycles. The molecular weight excluding hydrogens is 338 g/mol. The number of carbonyl (C=O) groups excluding carboxylic acids is 1. The van der Waals surface area contributed by atoms with Gasteiger partial charge in [0, 0.05) is 42.0 Å². The van der Waals surface area contributed by atoms with Crippen molar-refractivity contribution in [3.8, 4) is 5.13 Å². The standard InChI is InChI=1S/C17H19N5O2S/c1-9-13-7-18-15(19-11(3)23)6-14(13)22(21-9)17-20-16(10(2)25-17)12-4-5-24-8-12/h6-7,12H,4-5,8H2,1-3H3,(H,18,19,23). The zero-order valence-electron chi connectivity index (χ0n) is 14.4. The molecule has 4 heterocycles. The maximum absolute atomic E-state index is 11.3. The Bertz CT molecular complexity index is 956. The fourth-order valence-corrected chi connectivity index (χ4v) is 4.12. The minimum absolute atomic E-state index is 0.150. The summed E-state index contributed by atoms with van der Waals surface area (Å²) >= 11 is 1.63. The molecule has 0 spiro atoms. The van der Waals surface area contributed by atoms with Crippen LogP contribution >= 0.6 is 11.3 Å². The number of anilines is 1. The third-order valence-electron chi connectivity index (χ3n) is 4.37. The van der Waals surface area contributed by atoms with Crippen LogP contribution in [0.2, 0.25) is 0 Å². The van der Waals surface area contributed by atoms with Crippen molar-refractivity contribution in [3.05, 3.63) is 28.5 Å². The molecule has 4 rings (SSSR count). The van der Waals surface area contributed by atoms with E-state index in [1.807, 2.05) is 17.7 Å². The van der Waals surface area contributed by atoms with Crippen molar-refractivity contribution in [2.24, 2.45) is 0 Å². The van der Waals surface area contributed by atoms with E-state index in [1.165, 1.54) is 11.8 Å². The number of nitrogens with one attached hydrogen (secondary N) is 1. The molecule has 0 bridgehead atoms. The predicted octanol–water partition coefficient (Wildman–Crippen LogP) is 2.96. The van der Waals surface area contributed by atoms with Crippen LogP contribution < -0.4 is 5.32 Å². The van der Waals surface area contributed by atoms with Crippen molar-refractivity contribution in [1.82, 2.24) is 19.7 Å². The maximum atomic E-state index is 11.3. The summed E-state index contributed by atoms with van der Waals surface area (Å²) in [4.78, 5) is 21.6. The summed E-state index contributed by atoms with van der Waals surface area (Å²) in [6.07, 6.45) is 2.76. The minimum atomic E-state index is -0.150. The van der Waals surface area contributed by atoms with Crippen LogP contribution in [0.3, 0.4) is 0 Å². The molecule has 1 amide bonds. The third kappa shape index (κ3) is 2.91. The van der Waals surface area contributed by atoms with Gasteiger partial charge in [-0.2, -0.15) is 5.10 Å². The van der Waals surface area contributed by atoms with Gasteiger partial charge in [0.05, 0.1) is 23.5 Å². The van der Waals surface area contributed by atoms with Crippen molar-refractivity contribution in [1.29, 1.82) is 0 Å². The second-order valence-corrected chi connectivity index (χ2v) is 7.45. The van der Waals surface area contributed by atoms with Crippen LogP contribution in [0.25, 0.3) is 16.0 Å². The molecule has 1 N–H and O–H groups in total. The van der Waals surface area contributed by atoms with Crippen LogP contribution in [0.4, 0.5) is 5.82 Å². The Labute approximate surface area is 149 Å². The number of pyridine rings is 1. The number of ether oxygens (including phenoxy) is 1. The number of aromatic nitrogens is 4. The lowest BCUT2D eigenvalue weighted by Crippen LogP contribution is -2.07. The highest BCUT2D eigenvalue weighted by atomic mass is 32.1. The molecule has 8 heteroatoms. The molecule has 0 saturated carbocycles. The second kappa shape index (κ2) is 6.20. The SMILES string of the molecule is CC(=O)Nc1cc2c(cn1)c(C)nn2-c1nc(C2CCOC2)c(C)s1. The largest absolute Gasteiger partial charge is 0.381 e. The normalized spacial score (nSPS) is 17.3.